The zero-order valence-electron chi connectivity index (χ0n) is 20.1. The molecule has 34 heavy (non-hydrogen) atoms. The molecule has 0 radical (unpaired) electrons. The average molecular weight is 463 g/mol. The highest BCUT2D eigenvalue weighted by molar-refractivity contribution is 5.95. The number of carbonyl (C=O) groups is 1. The number of carbonyl (C=O) groups excluding carboxylic acids is 1. The molecule has 0 aromatic heterocycles. The van der Waals surface area contributed by atoms with Crippen LogP contribution in [0.25, 0.3) is 0 Å². The van der Waals surface area contributed by atoms with E-state index in [1.54, 1.807) is 24.3 Å². The molecule has 3 aromatic rings. The van der Waals surface area contributed by atoms with E-state index in [2.05, 4.69) is 42.6 Å². The van der Waals surface area contributed by atoms with Gasteiger partial charge >= 0.3 is 0 Å². The molecule has 1 amide bonds. The quantitative estimate of drug-likeness (QED) is 0.338. The number of phenols is 1. The van der Waals surface area contributed by atoms with Crippen molar-refractivity contribution in [2.75, 3.05) is 14.2 Å². The third kappa shape index (κ3) is 6.07. The Morgan fingerprint density at radius 1 is 1.00 bits per heavy atom. The predicted molar refractivity (Wildman–Crippen MR) is 132 cm³/mol. The molecule has 3 rings (SSSR count). The van der Waals surface area contributed by atoms with Gasteiger partial charge in [0.15, 0.2) is 11.5 Å². The van der Waals surface area contributed by atoms with Crippen molar-refractivity contribution < 1.29 is 24.1 Å². The topological polar surface area (TPSA) is 89.4 Å². The SMILES string of the molecule is COc1cc(/C=N/NC(=O)c2ccc(COc3cc(C)ccc3C(C)C)cc2)cc(OC)c1O. The van der Waals surface area contributed by atoms with Gasteiger partial charge in [-0.05, 0) is 59.9 Å². The monoisotopic (exact) mass is 462 g/mol. The molecule has 0 aliphatic carbocycles. The fourth-order valence-electron chi connectivity index (χ4n) is 3.38. The van der Waals surface area contributed by atoms with E-state index >= 15 is 0 Å². The van der Waals surface area contributed by atoms with E-state index in [-0.39, 0.29) is 23.2 Å². The van der Waals surface area contributed by atoms with Crippen LogP contribution >= 0.6 is 0 Å². The third-order valence-corrected chi connectivity index (χ3v) is 5.28. The maximum Gasteiger partial charge on any atom is 0.271 e. The maximum atomic E-state index is 12.4. The lowest BCUT2D eigenvalue weighted by Crippen LogP contribution is -2.17. The fraction of sp³-hybridized carbons (Fsp3) is 0.259. The van der Waals surface area contributed by atoms with Gasteiger partial charge in [-0.1, -0.05) is 38.1 Å². The van der Waals surface area contributed by atoms with E-state index in [1.165, 1.54) is 26.0 Å². The molecule has 0 saturated heterocycles. The number of benzene rings is 3. The number of phenolic OH excluding ortho intramolecular Hbond substituents is 1. The summed E-state index contributed by atoms with van der Waals surface area (Å²) in [6, 6.07) is 16.6. The molecular formula is C27H30N2O5. The summed E-state index contributed by atoms with van der Waals surface area (Å²) in [5, 5.41) is 14.0. The molecule has 0 saturated carbocycles. The molecule has 0 bridgehead atoms. The number of rotatable bonds is 9. The van der Waals surface area contributed by atoms with Crippen LogP contribution in [-0.2, 0) is 6.61 Å². The Bertz CT molecular complexity index is 1150. The van der Waals surface area contributed by atoms with Crippen LogP contribution in [0.3, 0.4) is 0 Å². The summed E-state index contributed by atoms with van der Waals surface area (Å²) in [5.41, 5.74) is 6.84. The van der Waals surface area contributed by atoms with Crippen LogP contribution in [0.1, 0.15) is 52.4 Å². The average Bonchev–Trinajstić information content (AvgIpc) is 2.83. The number of ether oxygens (including phenoxy) is 3. The summed E-state index contributed by atoms with van der Waals surface area (Å²) in [4.78, 5) is 12.4. The summed E-state index contributed by atoms with van der Waals surface area (Å²) < 4.78 is 16.3. The van der Waals surface area contributed by atoms with E-state index in [4.69, 9.17) is 14.2 Å². The minimum atomic E-state index is -0.345. The summed E-state index contributed by atoms with van der Waals surface area (Å²) in [6.45, 7) is 6.74. The van der Waals surface area contributed by atoms with Crippen LogP contribution in [0.5, 0.6) is 23.0 Å². The first-order chi connectivity index (χ1) is 16.3. The molecule has 0 atom stereocenters. The van der Waals surface area contributed by atoms with Crippen molar-refractivity contribution in [1.82, 2.24) is 5.43 Å². The Kier molecular flexibility index (Phi) is 8.14. The number of aryl methyl sites for hydroxylation is 1. The molecule has 0 spiro atoms. The number of hydrogen-bond donors (Lipinski definition) is 2. The van der Waals surface area contributed by atoms with Crippen LogP contribution in [0.4, 0.5) is 0 Å². The zero-order chi connectivity index (χ0) is 24.7. The number of amides is 1. The number of nitrogens with one attached hydrogen (secondary N) is 1. The van der Waals surface area contributed by atoms with Gasteiger partial charge < -0.3 is 19.3 Å². The summed E-state index contributed by atoms with van der Waals surface area (Å²) in [5.74, 6) is 1.30. The second-order valence-electron chi connectivity index (χ2n) is 8.15. The highest BCUT2D eigenvalue weighted by Crippen LogP contribution is 2.36. The fourth-order valence-corrected chi connectivity index (χ4v) is 3.38. The highest BCUT2D eigenvalue weighted by atomic mass is 16.5. The van der Waals surface area contributed by atoms with E-state index in [0.29, 0.717) is 23.7 Å². The Hall–Kier alpha value is -4.00. The van der Waals surface area contributed by atoms with Gasteiger partial charge in [0.2, 0.25) is 5.75 Å². The smallest absolute Gasteiger partial charge is 0.271 e. The lowest BCUT2D eigenvalue weighted by Gasteiger charge is -2.15. The van der Waals surface area contributed by atoms with Gasteiger partial charge in [0.25, 0.3) is 5.91 Å². The zero-order valence-corrected chi connectivity index (χ0v) is 20.1. The molecule has 0 unspecified atom stereocenters. The number of methoxy groups -OCH3 is 2. The van der Waals surface area contributed by atoms with Gasteiger partial charge in [0.1, 0.15) is 12.4 Å². The molecule has 7 heteroatoms. The van der Waals surface area contributed by atoms with Crippen molar-refractivity contribution in [2.24, 2.45) is 5.10 Å². The van der Waals surface area contributed by atoms with E-state index in [0.717, 1.165) is 16.9 Å². The van der Waals surface area contributed by atoms with Crippen molar-refractivity contribution in [3.63, 3.8) is 0 Å². The van der Waals surface area contributed by atoms with Crippen LogP contribution in [0, 0.1) is 6.92 Å². The first-order valence-electron chi connectivity index (χ1n) is 10.9. The van der Waals surface area contributed by atoms with Crippen molar-refractivity contribution in [1.29, 1.82) is 0 Å². The number of hydrogen-bond acceptors (Lipinski definition) is 6. The third-order valence-electron chi connectivity index (χ3n) is 5.28. The first-order valence-corrected chi connectivity index (χ1v) is 10.9. The predicted octanol–water partition coefficient (Wildman–Crippen LogP) is 5.18. The Labute approximate surface area is 200 Å². The van der Waals surface area contributed by atoms with Crippen LogP contribution < -0.4 is 19.6 Å². The molecule has 3 aromatic carbocycles. The van der Waals surface area contributed by atoms with Gasteiger partial charge in [-0.3, -0.25) is 4.79 Å². The van der Waals surface area contributed by atoms with Crippen LogP contribution in [0.2, 0.25) is 0 Å². The molecule has 7 nitrogen and oxygen atoms in total. The number of hydrazone groups is 1. The normalized spacial score (nSPS) is 11.0. The number of aromatic hydroxyl groups is 1. The Morgan fingerprint density at radius 3 is 2.24 bits per heavy atom. The van der Waals surface area contributed by atoms with Gasteiger partial charge in [-0.15, -0.1) is 0 Å². The lowest BCUT2D eigenvalue weighted by molar-refractivity contribution is 0.0955. The molecule has 0 fully saturated rings. The highest BCUT2D eigenvalue weighted by Gasteiger charge is 2.11. The second-order valence-corrected chi connectivity index (χ2v) is 8.15. The Balaban J connectivity index is 1.61. The Morgan fingerprint density at radius 2 is 1.65 bits per heavy atom. The van der Waals surface area contributed by atoms with Crippen molar-refractivity contribution in [3.8, 4) is 23.0 Å². The minimum Gasteiger partial charge on any atom is -0.502 e. The summed E-state index contributed by atoms with van der Waals surface area (Å²) in [6.07, 6.45) is 1.44. The standard InChI is InChI=1S/C27H30N2O5/c1-17(2)22-11-6-18(3)12-23(22)34-16-19-7-9-21(10-8-19)27(31)29-28-15-20-13-24(32-4)26(30)25(14-20)33-5/h6-15,17,30H,16H2,1-5H3,(H,29,31)/b28-15+. The van der Waals surface area contributed by atoms with Gasteiger partial charge in [0, 0.05) is 11.1 Å². The molecule has 2 N–H and O–H groups in total. The maximum absolute atomic E-state index is 12.4. The molecular weight excluding hydrogens is 432 g/mol. The van der Waals surface area contributed by atoms with Crippen molar-refractivity contribution in [2.45, 2.75) is 33.3 Å². The number of nitrogens with zero attached hydrogens (tertiary/aromatic N) is 1. The molecule has 0 aliphatic heterocycles. The van der Waals surface area contributed by atoms with Gasteiger partial charge in [-0.25, -0.2) is 5.43 Å². The van der Waals surface area contributed by atoms with E-state index in [1.807, 2.05) is 19.1 Å². The van der Waals surface area contributed by atoms with Gasteiger partial charge in [0.05, 0.1) is 20.4 Å². The molecule has 0 aliphatic rings. The van der Waals surface area contributed by atoms with Gasteiger partial charge in [-0.2, -0.15) is 5.10 Å². The van der Waals surface area contributed by atoms with Crippen LogP contribution in [0.15, 0.2) is 59.7 Å². The second kappa shape index (κ2) is 11.2. The van der Waals surface area contributed by atoms with E-state index in [9.17, 15) is 9.90 Å². The first kappa shape index (κ1) is 24.6. The molecule has 0 heterocycles. The minimum absolute atomic E-state index is 0.0990. The van der Waals surface area contributed by atoms with E-state index < -0.39 is 0 Å². The molecule has 178 valence electrons. The largest absolute Gasteiger partial charge is 0.502 e. The summed E-state index contributed by atoms with van der Waals surface area (Å²) in [7, 11) is 2.88. The van der Waals surface area contributed by atoms with Crippen LogP contribution in [-0.4, -0.2) is 31.4 Å². The lowest BCUT2D eigenvalue weighted by atomic mass is 10.0. The van der Waals surface area contributed by atoms with Crippen molar-refractivity contribution in [3.05, 3.63) is 82.4 Å². The summed E-state index contributed by atoms with van der Waals surface area (Å²) >= 11 is 0. The van der Waals surface area contributed by atoms with Crippen molar-refractivity contribution >= 4 is 12.1 Å².